The SMILES string of the molecule is CC(C)CCNC(=S)NNC(=O)/C=C/c1ccccc1Br. The Morgan fingerprint density at radius 2 is 2.05 bits per heavy atom. The number of nitrogens with one attached hydrogen (secondary N) is 3. The first-order valence-corrected chi connectivity index (χ1v) is 7.95. The maximum Gasteiger partial charge on any atom is 0.262 e. The van der Waals surface area contributed by atoms with E-state index in [1.165, 1.54) is 6.08 Å². The van der Waals surface area contributed by atoms with Gasteiger partial charge in [-0.3, -0.25) is 15.6 Å². The standard InChI is InChI=1S/C15H20BrN3OS/c1-11(2)9-10-17-15(21)19-18-14(20)8-7-12-5-3-4-6-13(12)16/h3-8,11H,9-10H2,1-2H3,(H,18,20)(H2,17,19,21)/b8-7+. The Hall–Kier alpha value is -1.40. The summed E-state index contributed by atoms with van der Waals surface area (Å²) in [6.07, 6.45) is 4.21. The fourth-order valence-electron chi connectivity index (χ4n) is 1.45. The van der Waals surface area contributed by atoms with Crippen LogP contribution >= 0.6 is 28.1 Å². The molecule has 4 nitrogen and oxygen atoms in total. The van der Waals surface area contributed by atoms with Crippen molar-refractivity contribution in [1.29, 1.82) is 0 Å². The first-order valence-electron chi connectivity index (χ1n) is 6.75. The van der Waals surface area contributed by atoms with Crippen molar-refractivity contribution in [3.63, 3.8) is 0 Å². The van der Waals surface area contributed by atoms with Gasteiger partial charge in [0.05, 0.1) is 0 Å². The number of benzene rings is 1. The molecular formula is C15H20BrN3OS. The average Bonchev–Trinajstić information content (AvgIpc) is 2.44. The van der Waals surface area contributed by atoms with Crippen LogP contribution in [0.15, 0.2) is 34.8 Å². The molecule has 0 saturated heterocycles. The predicted octanol–water partition coefficient (Wildman–Crippen LogP) is 3.00. The minimum atomic E-state index is -0.265. The van der Waals surface area contributed by atoms with Gasteiger partial charge in [0, 0.05) is 17.1 Å². The predicted molar refractivity (Wildman–Crippen MR) is 94.5 cm³/mol. The van der Waals surface area contributed by atoms with Gasteiger partial charge in [-0.25, -0.2) is 0 Å². The highest BCUT2D eigenvalue weighted by atomic mass is 79.9. The molecule has 0 aromatic heterocycles. The third kappa shape index (κ3) is 7.82. The Kier molecular flexibility index (Phi) is 8.00. The fraction of sp³-hybridized carbons (Fsp3) is 0.333. The number of hydrogen-bond acceptors (Lipinski definition) is 2. The Morgan fingerprint density at radius 3 is 2.71 bits per heavy atom. The largest absolute Gasteiger partial charge is 0.361 e. The summed E-state index contributed by atoms with van der Waals surface area (Å²) in [5.74, 6) is 0.348. The van der Waals surface area contributed by atoms with E-state index in [4.69, 9.17) is 12.2 Å². The third-order valence-electron chi connectivity index (χ3n) is 2.63. The van der Waals surface area contributed by atoms with E-state index in [2.05, 4.69) is 45.9 Å². The van der Waals surface area contributed by atoms with E-state index in [-0.39, 0.29) is 5.91 Å². The molecule has 0 unspecified atom stereocenters. The molecule has 21 heavy (non-hydrogen) atoms. The lowest BCUT2D eigenvalue weighted by Gasteiger charge is -2.11. The molecule has 0 radical (unpaired) electrons. The zero-order valence-electron chi connectivity index (χ0n) is 12.2. The smallest absolute Gasteiger partial charge is 0.262 e. The molecule has 1 aromatic carbocycles. The van der Waals surface area contributed by atoms with E-state index < -0.39 is 0 Å². The van der Waals surface area contributed by atoms with E-state index in [1.807, 2.05) is 24.3 Å². The number of thiocarbonyl (C=S) groups is 1. The average molecular weight is 370 g/mol. The van der Waals surface area contributed by atoms with Gasteiger partial charge in [0.1, 0.15) is 0 Å². The summed E-state index contributed by atoms with van der Waals surface area (Å²) in [7, 11) is 0. The minimum Gasteiger partial charge on any atom is -0.361 e. The topological polar surface area (TPSA) is 53.2 Å². The molecule has 1 amide bonds. The lowest BCUT2D eigenvalue weighted by atomic mass is 10.1. The Balaban J connectivity index is 2.31. The van der Waals surface area contributed by atoms with Crippen LogP contribution < -0.4 is 16.2 Å². The van der Waals surface area contributed by atoms with Crippen molar-refractivity contribution >= 4 is 45.2 Å². The molecule has 1 aromatic rings. The Labute approximate surface area is 139 Å². The van der Waals surface area contributed by atoms with Gasteiger partial charge in [-0.15, -0.1) is 0 Å². The minimum absolute atomic E-state index is 0.265. The summed E-state index contributed by atoms with van der Waals surface area (Å²) in [6.45, 7) is 5.07. The zero-order chi connectivity index (χ0) is 15.7. The number of hydrogen-bond donors (Lipinski definition) is 3. The van der Waals surface area contributed by atoms with E-state index in [9.17, 15) is 4.79 Å². The number of carbonyl (C=O) groups excluding carboxylic acids is 1. The van der Waals surface area contributed by atoms with Crippen molar-refractivity contribution in [1.82, 2.24) is 16.2 Å². The van der Waals surface area contributed by atoms with Crippen molar-refractivity contribution in [3.05, 3.63) is 40.4 Å². The number of carbonyl (C=O) groups is 1. The fourth-order valence-corrected chi connectivity index (χ4v) is 2.02. The van der Waals surface area contributed by atoms with Gasteiger partial charge in [0.25, 0.3) is 5.91 Å². The van der Waals surface area contributed by atoms with Crippen LogP contribution in [0.25, 0.3) is 6.08 Å². The summed E-state index contributed by atoms with van der Waals surface area (Å²) in [6, 6.07) is 7.67. The van der Waals surface area contributed by atoms with E-state index >= 15 is 0 Å². The molecular weight excluding hydrogens is 350 g/mol. The second-order valence-corrected chi connectivity index (χ2v) is 6.17. The number of amides is 1. The molecule has 1 rings (SSSR count). The monoisotopic (exact) mass is 369 g/mol. The van der Waals surface area contributed by atoms with Gasteiger partial charge in [0.15, 0.2) is 5.11 Å². The van der Waals surface area contributed by atoms with Crippen LogP contribution in [0.4, 0.5) is 0 Å². The van der Waals surface area contributed by atoms with E-state index in [0.29, 0.717) is 11.0 Å². The quantitative estimate of drug-likeness (QED) is 0.424. The van der Waals surface area contributed by atoms with Crippen LogP contribution in [-0.4, -0.2) is 17.6 Å². The molecule has 0 heterocycles. The number of hydrazine groups is 1. The van der Waals surface area contributed by atoms with E-state index in [0.717, 1.165) is 23.0 Å². The highest BCUT2D eigenvalue weighted by Gasteiger charge is 1.99. The molecule has 0 aliphatic heterocycles. The molecule has 6 heteroatoms. The van der Waals surface area contributed by atoms with Crippen molar-refractivity contribution in [2.24, 2.45) is 5.92 Å². The van der Waals surface area contributed by atoms with Crippen molar-refractivity contribution < 1.29 is 4.79 Å². The Bertz CT molecular complexity index is 517. The van der Waals surface area contributed by atoms with Crippen LogP contribution in [0, 0.1) is 5.92 Å². The van der Waals surface area contributed by atoms with Gasteiger partial charge < -0.3 is 5.32 Å². The summed E-state index contributed by atoms with van der Waals surface area (Å²) >= 11 is 8.47. The molecule has 0 saturated carbocycles. The van der Waals surface area contributed by atoms with Crippen LogP contribution in [0.1, 0.15) is 25.8 Å². The first-order chi connectivity index (χ1) is 9.99. The first kappa shape index (κ1) is 17.7. The van der Waals surface area contributed by atoms with Crippen LogP contribution in [0.5, 0.6) is 0 Å². The third-order valence-corrected chi connectivity index (χ3v) is 3.59. The maximum absolute atomic E-state index is 11.7. The van der Waals surface area contributed by atoms with Crippen molar-refractivity contribution in [3.8, 4) is 0 Å². The van der Waals surface area contributed by atoms with Crippen molar-refractivity contribution in [2.45, 2.75) is 20.3 Å². The molecule has 0 fully saturated rings. The zero-order valence-corrected chi connectivity index (χ0v) is 14.6. The molecule has 0 aliphatic carbocycles. The second-order valence-electron chi connectivity index (χ2n) is 4.91. The van der Waals surface area contributed by atoms with Crippen LogP contribution in [0.3, 0.4) is 0 Å². The number of halogens is 1. The summed E-state index contributed by atoms with van der Waals surface area (Å²) < 4.78 is 0.938. The highest BCUT2D eigenvalue weighted by Crippen LogP contribution is 2.16. The molecule has 0 atom stereocenters. The van der Waals surface area contributed by atoms with Gasteiger partial charge in [0.2, 0.25) is 0 Å². The van der Waals surface area contributed by atoms with Crippen molar-refractivity contribution in [2.75, 3.05) is 6.54 Å². The lowest BCUT2D eigenvalue weighted by Crippen LogP contribution is -2.46. The summed E-state index contributed by atoms with van der Waals surface area (Å²) in [5.41, 5.74) is 6.12. The Morgan fingerprint density at radius 1 is 1.33 bits per heavy atom. The summed E-state index contributed by atoms with van der Waals surface area (Å²) in [4.78, 5) is 11.7. The second kappa shape index (κ2) is 9.52. The normalized spacial score (nSPS) is 10.7. The van der Waals surface area contributed by atoms with E-state index in [1.54, 1.807) is 6.08 Å². The molecule has 3 N–H and O–H groups in total. The van der Waals surface area contributed by atoms with Gasteiger partial charge in [-0.2, -0.15) is 0 Å². The van der Waals surface area contributed by atoms with Crippen LogP contribution in [0.2, 0.25) is 0 Å². The lowest BCUT2D eigenvalue weighted by molar-refractivity contribution is -0.116. The van der Waals surface area contributed by atoms with Crippen LogP contribution in [-0.2, 0) is 4.79 Å². The van der Waals surface area contributed by atoms with Gasteiger partial charge in [-0.1, -0.05) is 48.0 Å². The maximum atomic E-state index is 11.7. The highest BCUT2D eigenvalue weighted by molar-refractivity contribution is 9.10. The molecule has 0 spiro atoms. The summed E-state index contributed by atoms with van der Waals surface area (Å²) in [5, 5.41) is 3.44. The number of rotatable bonds is 5. The van der Waals surface area contributed by atoms with Gasteiger partial charge >= 0.3 is 0 Å². The van der Waals surface area contributed by atoms with Gasteiger partial charge in [-0.05, 0) is 42.3 Å². The molecule has 0 aliphatic rings. The molecule has 0 bridgehead atoms. The molecule has 114 valence electrons.